The second-order valence-corrected chi connectivity index (χ2v) is 6.67. The van der Waals surface area contributed by atoms with Crippen LogP contribution in [0.1, 0.15) is 17.3 Å². The molecule has 132 valence electrons. The van der Waals surface area contributed by atoms with Crippen molar-refractivity contribution in [3.8, 4) is 0 Å². The summed E-state index contributed by atoms with van der Waals surface area (Å²) in [6.45, 7) is 1.56. The maximum absolute atomic E-state index is 12.4. The third-order valence-electron chi connectivity index (χ3n) is 4.03. The standard InChI is InChI=1S/C21H19NO3S/c1-14(25-21(24)16-10-12-17(26-2)13-11-16)20(23)22-19-9-5-7-15-6-3-4-8-18(15)19/h3-14H,1-2H3,(H,22,23)/t14-/m1/s1. The minimum atomic E-state index is -0.901. The van der Waals surface area contributed by atoms with Crippen LogP contribution in [0.2, 0.25) is 0 Å². The summed E-state index contributed by atoms with van der Waals surface area (Å²) < 4.78 is 5.30. The molecule has 3 rings (SSSR count). The smallest absolute Gasteiger partial charge is 0.338 e. The van der Waals surface area contributed by atoms with Gasteiger partial charge in [-0.05, 0) is 48.9 Å². The van der Waals surface area contributed by atoms with Crippen molar-refractivity contribution < 1.29 is 14.3 Å². The predicted molar refractivity (Wildman–Crippen MR) is 106 cm³/mol. The van der Waals surface area contributed by atoms with Crippen molar-refractivity contribution >= 4 is 40.1 Å². The molecule has 0 saturated heterocycles. The SMILES string of the molecule is CSc1ccc(C(=O)O[C@H](C)C(=O)Nc2cccc3ccccc23)cc1. The molecule has 0 fully saturated rings. The van der Waals surface area contributed by atoms with E-state index < -0.39 is 12.1 Å². The average Bonchev–Trinajstić information content (AvgIpc) is 2.68. The molecule has 3 aromatic carbocycles. The first-order valence-corrected chi connectivity index (χ1v) is 9.44. The number of anilines is 1. The number of thioether (sulfide) groups is 1. The molecule has 0 saturated carbocycles. The van der Waals surface area contributed by atoms with Gasteiger partial charge in [-0.1, -0.05) is 36.4 Å². The van der Waals surface area contributed by atoms with Gasteiger partial charge in [0.05, 0.1) is 5.56 Å². The van der Waals surface area contributed by atoms with E-state index >= 15 is 0 Å². The van der Waals surface area contributed by atoms with Crippen molar-refractivity contribution in [2.75, 3.05) is 11.6 Å². The molecule has 0 aliphatic carbocycles. The van der Waals surface area contributed by atoms with Crippen LogP contribution in [0.5, 0.6) is 0 Å². The van der Waals surface area contributed by atoms with Gasteiger partial charge in [0.2, 0.25) is 0 Å². The van der Waals surface area contributed by atoms with Crippen LogP contribution in [-0.2, 0) is 9.53 Å². The normalized spacial score (nSPS) is 11.8. The first-order valence-electron chi connectivity index (χ1n) is 8.22. The van der Waals surface area contributed by atoms with Gasteiger partial charge in [0, 0.05) is 16.0 Å². The van der Waals surface area contributed by atoms with Gasteiger partial charge in [-0.15, -0.1) is 11.8 Å². The molecule has 1 N–H and O–H groups in total. The summed E-state index contributed by atoms with van der Waals surface area (Å²) in [5, 5.41) is 4.81. The zero-order valence-electron chi connectivity index (χ0n) is 14.6. The average molecular weight is 365 g/mol. The van der Waals surface area contributed by atoms with E-state index in [0.717, 1.165) is 15.7 Å². The lowest BCUT2D eigenvalue weighted by atomic mass is 10.1. The Labute approximate surface area is 156 Å². The van der Waals surface area contributed by atoms with Crippen molar-refractivity contribution in [1.29, 1.82) is 0 Å². The molecule has 0 unspecified atom stereocenters. The Hall–Kier alpha value is -2.79. The largest absolute Gasteiger partial charge is 0.449 e. The molecule has 4 nitrogen and oxygen atoms in total. The van der Waals surface area contributed by atoms with E-state index in [1.54, 1.807) is 30.8 Å². The molecule has 3 aromatic rings. The predicted octanol–water partition coefficient (Wildman–Crippen LogP) is 4.75. The number of hydrogen-bond acceptors (Lipinski definition) is 4. The van der Waals surface area contributed by atoms with E-state index in [0.29, 0.717) is 11.3 Å². The summed E-state index contributed by atoms with van der Waals surface area (Å²) in [6.07, 6.45) is 1.06. The minimum Gasteiger partial charge on any atom is -0.449 e. The van der Waals surface area contributed by atoms with Gasteiger partial charge in [-0.2, -0.15) is 0 Å². The lowest BCUT2D eigenvalue weighted by Crippen LogP contribution is -2.30. The van der Waals surface area contributed by atoms with E-state index in [1.165, 1.54) is 0 Å². The van der Waals surface area contributed by atoms with E-state index in [2.05, 4.69) is 5.32 Å². The molecule has 0 aromatic heterocycles. The van der Waals surface area contributed by atoms with Crippen LogP contribution in [0.3, 0.4) is 0 Å². The minimum absolute atomic E-state index is 0.365. The summed E-state index contributed by atoms with van der Waals surface area (Å²) in [7, 11) is 0. The van der Waals surface area contributed by atoms with Gasteiger partial charge in [0.25, 0.3) is 5.91 Å². The number of benzene rings is 3. The number of ether oxygens (including phenoxy) is 1. The van der Waals surface area contributed by atoms with Crippen molar-refractivity contribution in [3.63, 3.8) is 0 Å². The van der Waals surface area contributed by atoms with Crippen LogP contribution in [0.15, 0.2) is 71.6 Å². The van der Waals surface area contributed by atoms with Crippen LogP contribution >= 0.6 is 11.8 Å². The number of carbonyl (C=O) groups is 2. The number of hydrogen-bond donors (Lipinski definition) is 1. The molecule has 0 radical (unpaired) electrons. The zero-order valence-corrected chi connectivity index (χ0v) is 15.4. The zero-order chi connectivity index (χ0) is 18.5. The number of nitrogens with one attached hydrogen (secondary N) is 1. The van der Waals surface area contributed by atoms with E-state index in [4.69, 9.17) is 4.74 Å². The Balaban J connectivity index is 1.68. The van der Waals surface area contributed by atoms with E-state index in [9.17, 15) is 9.59 Å². The Morgan fingerprint density at radius 2 is 1.65 bits per heavy atom. The molecule has 0 heterocycles. The van der Waals surface area contributed by atoms with Gasteiger partial charge in [0.15, 0.2) is 6.10 Å². The quantitative estimate of drug-likeness (QED) is 0.524. The Morgan fingerprint density at radius 3 is 2.38 bits per heavy atom. The van der Waals surface area contributed by atoms with Gasteiger partial charge in [-0.25, -0.2) is 4.79 Å². The van der Waals surface area contributed by atoms with E-state index in [1.807, 2.05) is 60.9 Å². The third-order valence-corrected chi connectivity index (χ3v) is 4.77. The Bertz CT molecular complexity index is 932. The van der Waals surface area contributed by atoms with Crippen LogP contribution in [0, 0.1) is 0 Å². The highest BCUT2D eigenvalue weighted by atomic mass is 32.2. The molecular weight excluding hydrogens is 346 g/mol. The first kappa shape index (κ1) is 18.0. The van der Waals surface area contributed by atoms with Crippen molar-refractivity contribution in [2.24, 2.45) is 0 Å². The maximum Gasteiger partial charge on any atom is 0.338 e. The lowest BCUT2D eigenvalue weighted by Gasteiger charge is -2.15. The maximum atomic E-state index is 12.4. The molecule has 0 spiro atoms. The monoisotopic (exact) mass is 365 g/mol. The fraction of sp³-hybridized carbons (Fsp3) is 0.143. The highest BCUT2D eigenvalue weighted by molar-refractivity contribution is 7.98. The molecular formula is C21H19NO3S. The summed E-state index contributed by atoms with van der Waals surface area (Å²) in [5.41, 5.74) is 1.12. The van der Waals surface area contributed by atoms with Crippen molar-refractivity contribution in [1.82, 2.24) is 0 Å². The van der Waals surface area contributed by atoms with Crippen molar-refractivity contribution in [2.45, 2.75) is 17.9 Å². The summed E-state index contributed by atoms with van der Waals surface area (Å²) in [4.78, 5) is 25.7. The lowest BCUT2D eigenvalue weighted by molar-refractivity contribution is -0.123. The summed E-state index contributed by atoms with van der Waals surface area (Å²) >= 11 is 1.59. The number of fused-ring (bicyclic) bond motifs is 1. The Kier molecular flexibility index (Phi) is 5.58. The number of carbonyl (C=O) groups excluding carboxylic acids is 2. The van der Waals surface area contributed by atoms with Crippen LogP contribution in [0.4, 0.5) is 5.69 Å². The molecule has 26 heavy (non-hydrogen) atoms. The van der Waals surface area contributed by atoms with Gasteiger partial charge < -0.3 is 10.1 Å². The number of rotatable bonds is 5. The highest BCUT2D eigenvalue weighted by Crippen LogP contribution is 2.23. The second-order valence-electron chi connectivity index (χ2n) is 5.79. The molecule has 0 aliphatic rings. The molecule has 1 atom stereocenters. The Morgan fingerprint density at radius 1 is 0.962 bits per heavy atom. The molecule has 0 aliphatic heterocycles. The number of esters is 1. The topological polar surface area (TPSA) is 55.4 Å². The van der Waals surface area contributed by atoms with Crippen LogP contribution in [-0.4, -0.2) is 24.2 Å². The van der Waals surface area contributed by atoms with Gasteiger partial charge >= 0.3 is 5.97 Å². The van der Waals surface area contributed by atoms with Crippen LogP contribution < -0.4 is 5.32 Å². The molecule has 5 heteroatoms. The third kappa shape index (κ3) is 4.06. The van der Waals surface area contributed by atoms with Crippen LogP contribution in [0.25, 0.3) is 10.8 Å². The van der Waals surface area contributed by atoms with E-state index in [-0.39, 0.29) is 5.91 Å². The number of amides is 1. The first-order chi connectivity index (χ1) is 12.6. The highest BCUT2D eigenvalue weighted by Gasteiger charge is 2.19. The molecule has 1 amide bonds. The fourth-order valence-electron chi connectivity index (χ4n) is 2.58. The van der Waals surface area contributed by atoms with Crippen molar-refractivity contribution in [3.05, 3.63) is 72.3 Å². The summed E-state index contributed by atoms with van der Waals surface area (Å²) in [6, 6.07) is 20.6. The second kappa shape index (κ2) is 8.06. The van der Waals surface area contributed by atoms with Gasteiger partial charge in [0.1, 0.15) is 0 Å². The fourth-order valence-corrected chi connectivity index (χ4v) is 2.99. The molecule has 0 bridgehead atoms. The van der Waals surface area contributed by atoms with Gasteiger partial charge in [-0.3, -0.25) is 4.79 Å². The summed E-state index contributed by atoms with van der Waals surface area (Å²) in [5.74, 6) is -0.881.